The highest BCUT2D eigenvalue weighted by atomic mass is 19.1. The first-order valence-corrected chi connectivity index (χ1v) is 11.8. The average Bonchev–Trinajstić information content (AvgIpc) is 2.83. The zero-order chi connectivity index (χ0) is 24.4. The standard InChI is InChI=1S/C27H32FN5O/c1-5-24-26(20-7-9-25(29)31-15-20)21(10-11-30-24)19-6-8-22(23(28)14-19)27(34)32-12-13-33(17(2)3)18(4)16-32/h6-11,14-15,17-18H,5,12-13,16H2,1-4H3,(H2,29,31). The number of piperazine rings is 1. The Balaban J connectivity index is 1.66. The molecule has 0 saturated carbocycles. The number of nitrogens with two attached hydrogens (primary N) is 1. The number of aryl methyl sites for hydroxylation is 1. The van der Waals surface area contributed by atoms with Crippen molar-refractivity contribution in [3.8, 4) is 22.3 Å². The zero-order valence-electron chi connectivity index (χ0n) is 20.3. The van der Waals surface area contributed by atoms with Gasteiger partial charge in [-0.3, -0.25) is 14.7 Å². The van der Waals surface area contributed by atoms with E-state index in [1.165, 1.54) is 6.07 Å². The van der Waals surface area contributed by atoms with E-state index in [2.05, 4.69) is 35.6 Å². The number of nitrogen functional groups attached to an aromatic ring is 1. The summed E-state index contributed by atoms with van der Waals surface area (Å²) in [6.07, 6.45) is 4.16. The van der Waals surface area contributed by atoms with Gasteiger partial charge in [0.05, 0.1) is 5.56 Å². The second-order valence-corrected chi connectivity index (χ2v) is 9.13. The van der Waals surface area contributed by atoms with Crippen LogP contribution in [0.25, 0.3) is 22.3 Å². The summed E-state index contributed by atoms with van der Waals surface area (Å²) in [6, 6.07) is 11.0. The van der Waals surface area contributed by atoms with Gasteiger partial charge in [0.1, 0.15) is 11.6 Å². The summed E-state index contributed by atoms with van der Waals surface area (Å²) in [4.78, 5) is 26.0. The molecule has 1 unspecified atom stereocenters. The van der Waals surface area contributed by atoms with Crippen LogP contribution >= 0.6 is 0 Å². The van der Waals surface area contributed by atoms with Gasteiger partial charge in [0.2, 0.25) is 0 Å². The monoisotopic (exact) mass is 461 g/mol. The van der Waals surface area contributed by atoms with Gasteiger partial charge >= 0.3 is 0 Å². The molecule has 3 aromatic rings. The molecule has 1 fully saturated rings. The minimum absolute atomic E-state index is 0.106. The Morgan fingerprint density at radius 3 is 2.53 bits per heavy atom. The summed E-state index contributed by atoms with van der Waals surface area (Å²) in [5.74, 6) is -0.339. The van der Waals surface area contributed by atoms with Crippen molar-refractivity contribution in [2.24, 2.45) is 0 Å². The number of anilines is 1. The minimum Gasteiger partial charge on any atom is -0.384 e. The quantitative estimate of drug-likeness (QED) is 0.599. The number of pyridine rings is 2. The van der Waals surface area contributed by atoms with Crippen LogP contribution in [0.1, 0.15) is 43.7 Å². The third-order valence-corrected chi connectivity index (χ3v) is 6.58. The summed E-state index contributed by atoms with van der Waals surface area (Å²) < 4.78 is 15.3. The fourth-order valence-electron chi connectivity index (χ4n) is 4.84. The maximum Gasteiger partial charge on any atom is 0.256 e. The van der Waals surface area contributed by atoms with Crippen molar-refractivity contribution in [3.05, 3.63) is 65.9 Å². The molecule has 7 heteroatoms. The SMILES string of the molecule is CCc1nccc(-c2ccc(C(=O)N3CCN(C(C)C)C(C)C3)c(F)c2)c1-c1ccc(N)nc1. The van der Waals surface area contributed by atoms with E-state index in [9.17, 15) is 4.79 Å². The van der Waals surface area contributed by atoms with Gasteiger partial charge in [-0.1, -0.05) is 13.0 Å². The smallest absolute Gasteiger partial charge is 0.256 e. The molecule has 1 aromatic carbocycles. The zero-order valence-corrected chi connectivity index (χ0v) is 20.3. The highest BCUT2D eigenvalue weighted by Crippen LogP contribution is 2.35. The van der Waals surface area contributed by atoms with E-state index in [1.54, 1.807) is 29.4 Å². The molecular formula is C27H32FN5O. The van der Waals surface area contributed by atoms with Crippen molar-refractivity contribution in [1.29, 1.82) is 0 Å². The Morgan fingerprint density at radius 1 is 1.15 bits per heavy atom. The lowest BCUT2D eigenvalue weighted by molar-refractivity contribution is 0.0423. The molecule has 1 amide bonds. The molecule has 3 heterocycles. The number of hydrogen-bond donors (Lipinski definition) is 1. The lowest BCUT2D eigenvalue weighted by atomic mass is 9.93. The number of rotatable bonds is 5. The van der Waals surface area contributed by atoms with Crippen molar-refractivity contribution in [1.82, 2.24) is 19.8 Å². The highest BCUT2D eigenvalue weighted by molar-refractivity contribution is 5.95. The molecule has 2 N–H and O–H groups in total. The van der Waals surface area contributed by atoms with Crippen molar-refractivity contribution >= 4 is 11.7 Å². The van der Waals surface area contributed by atoms with Crippen LogP contribution in [0.15, 0.2) is 48.8 Å². The topological polar surface area (TPSA) is 75.4 Å². The molecule has 4 rings (SSSR count). The Kier molecular flexibility index (Phi) is 6.93. The Labute approximate surface area is 200 Å². The van der Waals surface area contributed by atoms with Gasteiger partial charge in [-0.15, -0.1) is 0 Å². The Morgan fingerprint density at radius 2 is 1.91 bits per heavy atom. The minimum atomic E-state index is -0.516. The molecule has 1 atom stereocenters. The number of hydrogen-bond acceptors (Lipinski definition) is 5. The predicted molar refractivity (Wildman–Crippen MR) is 134 cm³/mol. The van der Waals surface area contributed by atoms with Crippen LogP contribution in [-0.4, -0.2) is 57.4 Å². The second kappa shape index (κ2) is 9.89. The van der Waals surface area contributed by atoms with Crippen LogP contribution in [0, 0.1) is 5.82 Å². The van der Waals surface area contributed by atoms with E-state index < -0.39 is 5.82 Å². The third kappa shape index (κ3) is 4.66. The molecule has 178 valence electrons. The summed E-state index contributed by atoms with van der Waals surface area (Å²) >= 11 is 0. The van der Waals surface area contributed by atoms with Gasteiger partial charge in [0.25, 0.3) is 5.91 Å². The molecule has 6 nitrogen and oxygen atoms in total. The largest absolute Gasteiger partial charge is 0.384 e. The first-order chi connectivity index (χ1) is 16.3. The summed E-state index contributed by atoms with van der Waals surface area (Å²) in [5, 5.41) is 0. The average molecular weight is 462 g/mol. The fraction of sp³-hybridized carbons (Fsp3) is 0.370. The van der Waals surface area contributed by atoms with Crippen molar-refractivity contribution in [2.45, 2.75) is 46.2 Å². The Hall–Kier alpha value is -3.32. The number of carbonyl (C=O) groups excluding carboxylic acids is 1. The molecule has 0 spiro atoms. The lowest BCUT2D eigenvalue weighted by Gasteiger charge is -2.42. The summed E-state index contributed by atoms with van der Waals surface area (Å²) in [5.41, 5.74) is 10.1. The summed E-state index contributed by atoms with van der Waals surface area (Å²) in [6.45, 7) is 10.4. The number of benzene rings is 1. The number of amides is 1. The molecular weight excluding hydrogens is 429 g/mol. The number of aromatic nitrogens is 2. The number of nitrogens with zero attached hydrogens (tertiary/aromatic N) is 4. The van der Waals surface area contributed by atoms with Gasteiger partial charge in [0, 0.05) is 60.9 Å². The fourth-order valence-corrected chi connectivity index (χ4v) is 4.84. The third-order valence-electron chi connectivity index (χ3n) is 6.58. The number of carbonyl (C=O) groups is 1. The van der Waals surface area contributed by atoms with Gasteiger partial charge in [-0.05, 0) is 68.7 Å². The van der Waals surface area contributed by atoms with Gasteiger partial charge in [-0.25, -0.2) is 9.37 Å². The van der Waals surface area contributed by atoms with Crippen LogP contribution in [0.2, 0.25) is 0 Å². The van der Waals surface area contributed by atoms with E-state index in [0.29, 0.717) is 36.9 Å². The Bertz CT molecular complexity index is 1180. The first-order valence-electron chi connectivity index (χ1n) is 11.8. The van der Waals surface area contributed by atoms with Crippen LogP contribution in [0.5, 0.6) is 0 Å². The van der Waals surface area contributed by atoms with Crippen molar-refractivity contribution in [2.75, 3.05) is 25.4 Å². The van der Waals surface area contributed by atoms with Crippen molar-refractivity contribution in [3.63, 3.8) is 0 Å². The molecule has 1 aliphatic rings. The lowest BCUT2D eigenvalue weighted by Crippen LogP contribution is -2.55. The molecule has 0 bridgehead atoms. The molecule has 1 saturated heterocycles. The first kappa shape index (κ1) is 23.8. The van der Waals surface area contributed by atoms with E-state index in [4.69, 9.17) is 5.73 Å². The maximum atomic E-state index is 15.3. The van der Waals surface area contributed by atoms with E-state index in [1.807, 2.05) is 25.1 Å². The molecule has 2 aromatic heterocycles. The maximum absolute atomic E-state index is 15.3. The van der Waals surface area contributed by atoms with Crippen LogP contribution in [0.3, 0.4) is 0 Å². The van der Waals surface area contributed by atoms with Crippen molar-refractivity contribution < 1.29 is 9.18 Å². The second-order valence-electron chi connectivity index (χ2n) is 9.13. The van der Waals surface area contributed by atoms with E-state index >= 15 is 4.39 Å². The normalized spacial score (nSPS) is 16.8. The molecule has 34 heavy (non-hydrogen) atoms. The van der Waals surface area contributed by atoms with Gasteiger partial charge in [0.15, 0.2) is 0 Å². The molecule has 1 aliphatic heterocycles. The van der Waals surface area contributed by atoms with Gasteiger partial charge < -0.3 is 10.6 Å². The summed E-state index contributed by atoms with van der Waals surface area (Å²) in [7, 11) is 0. The number of halogens is 1. The van der Waals surface area contributed by atoms with Crippen LogP contribution < -0.4 is 5.73 Å². The van der Waals surface area contributed by atoms with Crippen LogP contribution in [-0.2, 0) is 6.42 Å². The molecule has 0 radical (unpaired) electrons. The van der Waals surface area contributed by atoms with E-state index in [-0.39, 0.29) is 17.5 Å². The predicted octanol–water partition coefficient (Wildman–Crippen LogP) is 4.65. The highest BCUT2D eigenvalue weighted by Gasteiger charge is 2.29. The van der Waals surface area contributed by atoms with E-state index in [0.717, 1.165) is 28.9 Å². The van der Waals surface area contributed by atoms with Crippen LogP contribution in [0.4, 0.5) is 10.2 Å². The molecule has 0 aliphatic carbocycles. The van der Waals surface area contributed by atoms with Gasteiger partial charge in [-0.2, -0.15) is 0 Å².